The maximum absolute atomic E-state index is 4.39. The van der Waals surface area contributed by atoms with E-state index in [0.717, 1.165) is 25.6 Å². The topological polar surface area (TPSA) is 42.9 Å². The summed E-state index contributed by atoms with van der Waals surface area (Å²) in [4.78, 5) is 9.47. The van der Waals surface area contributed by atoms with Crippen molar-refractivity contribution in [2.24, 2.45) is 10.9 Å². The molecule has 2 fully saturated rings. The standard InChI is InChI=1S/C16H33N5S/c1-13(2)21-11-14(3)15(12-21)19-16(17-4)18-5-6-20-7-9-22-10-8-20/h13-15H,5-12H2,1-4H3,(H2,17,18,19). The van der Waals surface area contributed by atoms with E-state index in [0.29, 0.717) is 18.0 Å². The minimum Gasteiger partial charge on any atom is -0.355 e. The lowest BCUT2D eigenvalue weighted by molar-refractivity contribution is 0.265. The summed E-state index contributed by atoms with van der Waals surface area (Å²) in [5.41, 5.74) is 0. The smallest absolute Gasteiger partial charge is 0.191 e. The highest BCUT2D eigenvalue weighted by molar-refractivity contribution is 7.99. The summed E-state index contributed by atoms with van der Waals surface area (Å²) in [6, 6.07) is 1.13. The van der Waals surface area contributed by atoms with Gasteiger partial charge in [-0.15, -0.1) is 0 Å². The van der Waals surface area contributed by atoms with Crippen LogP contribution in [0.2, 0.25) is 0 Å². The molecule has 2 heterocycles. The van der Waals surface area contributed by atoms with Crippen molar-refractivity contribution in [1.29, 1.82) is 0 Å². The predicted molar refractivity (Wildman–Crippen MR) is 97.9 cm³/mol. The second-order valence-corrected chi connectivity index (χ2v) is 7.95. The Morgan fingerprint density at radius 2 is 2.00 bits per heavy atom. The number of thioether (sulfide) groups is 1. The van der Waals surface area contributed by atoms with Gasteiger partial charge in [0.05, 0.1) is 0 Å². The van der Waals surface area contributed by atoms with Crippen molar-refractivity contribution in [2.75, 3.05) is 57.8 Å². The second kappa shape index (κ2) is 8.99. The van der Waals surface area contributed by atoms with E-state index in [2.05, 4.69) is 58.0 Å². The fraction of sp³-hybridized carbons (Fsp3) is 0.938. The van der Waals surface area contributed by atoms with E-state index in [1.807, 2.05) is 7.05 Å². The summed E-state index contributed by atoms with van der Waals surface area (Å²) in [7, 11) is 1.87. The molecule has 0 saturated carbocycles. The van der Waals surface area contributed by atoms with Crippen LogP contribution in [0, 0.1) is 5.92 Å². The lowest BCUT2D eigenvalue weighted by Gasteiger charge is -2.27. The molecule has 2 atom stereocenters. The van der Waals surface area contributed by atoms with E-state index in [1.54, 1.807) is 0 Å². The molecule has 128 valence electrons. The Balaban J connectivity index is 1.70. The van der Waals surface area contributed by atoms with Crippen molar-refractivity contribution in [3.05, 3.63) is 0 Å². The Labute approximate surface area is 140 Å². The van der Waals surface area contributed by atoms with Crippen LogP contribution in [-0.4, -0.2) is 85.7 Å². The molecule has 0 aromatic rings. The van der Waals surface area contributed by atoms with Crippen molar-refractivity contribution in [1.82, 2.24) is 20.4 Å². The molecule has 0 spiro atoms. The number of hydrogen-bond donors (Lipinski definition) is 2. The van der Waals surface area contributed by atoms with Crippen molar-refractivity contribution >= 4 is 17.7 Å². The van der Waals surface area contributed by atoms with Gasteiger partial charge < -0.3 is 10.6 Å². The highest BCUT2D eigenvalue weighted by atomic mass is 32.2. The van der Waals surface area contributed by atoms with Crippen molar-refractivity contribution in [3.63, 3.8) is 0 Å². The Morgan fingerprint density at radius 3 is 2.59 bits per heavy atom. The van der Waals surface area contributed by atoms with Gasteiger partial charge in [-0.2, -0.15) is 11.8 Å². The molecule has 0 aromatic carbocycles. The minimum atomic E-state index is 0.500. The third-order valence-electron chi connectivity index (χ3n) is 4.74. The number of aliphatic imine (C=N–C) groups is 1. The van der Waals surface area contributed by atoms with Crippen LogP contribution in [0.3, 0.4) is 0 Å². The molecule has 0 radical (unpaired) electrons. The number of guanidine groups is 1. The first-order valence-corrected chi connectivity index (χ1v) is 9.77. The number of likely N-dealkylation sites (tertiary alicyclic amines) is 1. The molecule has 0 bridgehead atoms. The highest BCUT2D eigenvalue weighted by Gasteiger charge is 2.31. The minimum absolute atomic E-state index is 0.500. The largest absolute Gasteiger partial charge is 0.355 e. The van der Waals surface area contributed by atoms with Crippen LogP contribution in [0.4, 0.5) is 0 Å². The quantitative estimate of drug-likeness (QED) is 0.581. The molecule has 2 rings (SSSR count). The maximum Gasteiger partial charge on any atom is 0.191 e. The van der Waals surface area contributed by atoms with Gasteiger partial charge >= 0.3 is 0 Å². The fourth-order valence-corrected chi connectivity index (χ4v) is 4.12. The molecule has 0 amide bonds. The van der Waals surface area contributed by atoms with Crippen LogP contribution in [-0.2, 0) is 0 Å². The summed E-state index contributed by atoms with van der Waals surface area (Å²) in [6.07, 6.45) is 0. The van der Waals surface area contributed by atoms with Crippen LogP contribution in [0.5, 0.6) is 0 Å². The van der Waals surface area contributed by atoms with Crippen molar-refractivity contribution < 1.29 is 0 Å². The number of nitrogens with zero attached hydrogens (tertiary/aromatic N) is 3. The lowest BCUT2D eigenvalue weighted by atomic mass is 10.1. The molecule has 2 N–H and O–H groups in total. The van der Waals surface area contributed by atoms with E-state index in [9.17, 15) is 0 Å². The van der Waals surface area contributed by atoms with E-state index < -0.39 is 0 Å². The number of rotatable bonds is 5. The van der Waals surface area contributed by atoms with E-state index in [1.165, 1.54) is 31.1 Å². The molecule has 6 heteroatoms. The average molecular weight is 328 g/mol. The van der Waals surface area contributed by atoms with Gasteiger partial charge in [-0.3, -0.25) is 14.8 Å². The zero-order valence-corrected chi connectivity index (χ0v) is 15.5. The Kier molecular flexibility index (Phi) is 7.31. The monoisotopic (exact) mass is 327 g/mol. The van der Waals surface area contributed by atoms with Gasteiger partial charge in [-0.05, 0) is 19.8 Å². The van der Waals surface area contributed by atoms with E-state index >= 15 is 0 Å². The first-order chi connectivity index (χ1) is 10.6. The maximum atomic E-state index is 4.39. The molecular formula is C16H33N5S. The van der Waals surface area contributed by atoms with E-state index in [4.69, 9.17) is 0 Å². The SMILES string of the molecule is CN=C(NCCN1CCSCC1)NC1CN(C(C)C)CC1C. The van der Waals surface area contributed by atoms with Crippen molar-refractivity contribution in [3.8, 4) is 0 Å². The van der Waals surface area contributed by atoms with Gasteiger partial charge in [0.25, 0.3) is 0 Å². The third kappa shape index (κ3) is 5.32. The van der Waals surface area contributed by atoms with Crippen LogP contribution in [0.25, 0.3) is 0 Å². The molecule has 2 saturated heterocycles. The number of hydrogen-bond acceptors (Lipinski definition) is 4. The predicted octanol–water partition coefficient (Wildman–Crippen LogP) is 0.929. The average Bonchev–Trinajstić information content (AvgIpc) is 2.88. The highest BCUT2D eigenvalue weighted by Crippen LogP contribution is 2.18. The Bertz CT molecular complexity index is 354. The Hall–Kier alpha value is -0.460. The summed E-state index contributed by atoms with van der Waals surface area (Å²) in [5.74, 6) is 4.17. The van der Waals surface area contributed by atoms with Gasteiger partial charge in [0.2, 0.25) is 0 Å². The zero-order chi connectivity index (χ0) is 15.9. The van der Waals surface area contributed by atoms with Crippen molar-refractivity contribution in [2.45, 2.75) is 32.9 Å². The van der Waals surface area contributed by atoms with E-state index in [-0.39, 0.29) is 0 Å². The third-order valence-corrected chi connectivity index (χ3v) is 5.68. The first kappa shape index (κ1) is 17.9. The van der Waals surface area contributed by atoms with Crippen LogP contribution in [0.1, 0.15) is 20.8 Å². The van der Waals surface area contributed by atoms with Crippen LogP contribution >= 0.6 is 11.8 Å². The molecule has 0 aliphatic carbocycles. The van der Waals surface area contributed by atoms with Gasteiger partial charge in [-0.25, -0.2) is 0 Å². The molecule has 2 aliphatic rings. The lowest BCUT2D eigenvalue weighted by Crippen LogP contribution is -2.48. The summed E-state index contributed by atoms with van der Waals surface area (Å²) in [6.45, 7) is 13.7. The fourth-order valence-electron chi connectivity index (χ4n) is 3.14. The second-order valence-electron chi connectivity index (χ2n) is 6.73. The number of nitrogens with one attached hydrogen (secondary N) is 2. The first-order valence-electron chi connectivity index (χ1n) is 8.61. The van der Waals surface area contributed by atoms with Crippen LogP contribution < -0.4 is 10.6 Å². The molecule has 22 heavy (non-hydrogen) atoms. The summed E-state index contributed by atoms with van der Waals surface area (Å²) < 4.78 is 0. The molecule has 2 unspecified atom stereocenters. The van der Waals surface area contributed by atoms with Gasteiger partial charge in [0.1, 0.15) is 0 Å². The molecule has 0 aromatic heterocycles. The summed E-state index contributed by atoms with van der Waals surface area (Å²) in [5, 5.41) is 7.09. The van der Waals surface area contributed by atoms with Gasteiger partial charge in [-0.1, -0.05) is 6.92 Å². The molecule has 2 aliphatic heterocycles. The van der Waals surface area contributed by atoms with Crippen LogP contribution in [0.15, 0.2) is 4.99 Å². The molecule has 5 nitrogen and oxygen atoms in total. The zero-order valence-electron chi connectivity index (χ0n) is 14.6. The summed E-state index contributed by atoms with van der Waals surface area (Å²) >= 11 is 2.06. The van der Waals surface area contributed by atoms with Gasteiger partial charge in [0.15, 0.2) is 5.96 Å². The Morgan fingerprint density at radius 1 is 1.27 bits per heavy atom. The molecular weight excluding hydrogens is 294 g/mol. The normalized spacial score (nSPS) is 28.3. The van der Waals surface area contributed by atoms with Gasteiger partial charge in [0, 0.05) is 69.9 Å².